The molecule has 1 amide bonds. The lowest BCUT2D eigenvalue weighted by atomic mass is 10.0. The second kappa shape index (κ2) is 29.0. The number of rotatable bonds is 0. The summed E-state index contributed by atoms with van der Waals surface area (Å²) >= 11 is 1.96. The first-order valence-electron chi connectivity index (χ1n) is 16.7. The molecule has 264 valence electrons. The molecule has 0 spiro atoms. The molecule has 0 aromatic heterocycles. The van der Waals surface area contributed by atoms with Crippen LogP contribution in [0.3, 0.4) is 0 Å². The highest BCUT2D eigenvalue weighted by molar-refractivity contribution is 7.99. The summed E-state index contributed by atoms with van der Waals surface area (Å²) in [4.78, 5) is 16.7. The van der Waals surface area contributed by atoms with Crippen LogP contribution >= 0.6 is 11.8 Å². The van der Waals surface area contributed by atoms with Gasteiger partial charge in [-0.25, -0.2) is 4.72 Å². The molecule has 14 heteroatoms. The lowest BCUT2D eigenvalue weighted by Gasteiger charge is -2.39. The number of carbonyl (C=O) groups is 1. The van der Waals surface area contributed by atoms with E-state index in [1.54, 1.807) is 6.34 Å². The van der Waals surface area contributed by atoms with E-state index in [1.807, 2.05) is 11.8 Å². The van der Waals surface area contributed by atoms with Crippen molar-refractivity contribution in [3.63, 3.8) is 0 Å². The van der Waals surface area contributed by atoms with Gasteiger partial charge >= 0.3 is 0 Å². The van der Waals surface area contributed by atoms with Crippen LogP contribution in [0.4, 0.5) is 0 Å². The summed E-state index contributed by atoms with van der Waals surface area (Å²) in [5.41, 5.74) is 5.94. The molecule has 0 aliphatic carbocycles. The van der Waals surface area contributed by atoms with Gasteiger partial charge in [-0.2, -0.15) is 0 Å². The summed E-state index contributed by atoms with van der Waals surface area (Å²) in [6, 6.07) is 0.861. The van der Waals surface area contributed by atoms with Gasteiger partial charge in [0.15, 0.2) is 0 Å². The van der Waals surface area contributed by atoms with E-state index >= 15 is 0 Å². The number of piperidine rings is 2. The predicted molar refractivity (Wildman–Crippen MR) is 197 cm³/mol. The van der Waals surface area contributed by atoms with E-state index in [-0.39, 0.29) is 13.3 Å². The molecule has 9 heterocycles. The van der Waals surface area contributed by atoms with Crippen LogP contribution in [0.5, 0.6) is 0 Å². The Kier molecular flexibility index (Phi) is 26.9. The maximum Gasteiger partial charge on any atom is 0.219 e. The molecule has 1 unspecified atom stereocenters. The van der Waals surface area contributed by atoms with E-state index in [4.69, 9.17) is 0 Å². The quantitative estimate of drug-likeness (QED) is 0.138. The SMILES string of the molecule is C.C1=CCNC1.C1=NCCN1.C1CN2CCC1NC2.C1CNNC1.C1CSCN1.C=S1(=O)CCCCCN1.O=C1CCCCN1. The van der Waals surface area contributed by atoms with Gasteiger partial charge in [0, 0.05) is 112 Å². The number of hydrazine groups is 1. The number of hydrogen-bond donors (Lipinski definition) is 8. The summed E-state index contributed by atoms with van der Waals surface area (Å²) in [5.74, 6) is 7.05. The fraction of sp³-hybridized carbons (Fsp3) is 0.839. The zero-order chi connectivity index (χ0) is 31.4. The third-order valence-electron chi connectivity index (χ3n) is 7.47. The van der Waals surface area contributed by atoms with Gasteiger partial charge in [0.1, 0.15) is 0 Å². The van der Waals surface area contributed by atoms with E-state index in [2.05, 4.69) is 70.1 Å². The van der Waals surface area contributed by atoms with Crippen LogP contribution < -0.4 is 42.2 Å². The molecule has 7 fully saturated rings. The van der Waals surface area contributed by atoms with Crippen LogP contribution in [0.1, 0.15) is 65.2 Å². The number of hydrogen-bond acceptors (Lipinski definition) is 11. The summed E-state index contributed by atoms with van der Waals surface area (Å²) in [7, 11) is -1.87. The smallest absolute Gasteiger partial charge is 0.219 e. The fourth-order valence-corrected chi connectivity index (χ4v) is 6.84. The zero-order valence-electron chi connectivity index (χ0n) is 27.0. The van der Waals surface area contributed by atoms with Crippen LogP contribution in [-0.4, -0.2) is 129 Å². The first kappa shape index (κ1) is 41.8. The van der Waals surface area contributed by atoms with Gasteiger partial charge in [-0.1, -0.05) is 26.0 Å². The molecule has 0 aromatic carbocycles. The van der Waals surface area contributed by atoms with E-state index in [1.165, 1.54) is 56.9 Å². The Hall–Kier alpha value is -1.23. The monoisotopic (exact) mass is 674 g/mol. The molecule has 45 heavy (non-hydrogen) atoms. The molecule has 0 radical (unpaired) electrons. The zero-order valence-corrected chi connectivity index (χ0v) is 28.6. The summed E-state index contributed by atoms with van der Waals surface area (Å²) in [6.45, 7) is 13.2. The Morgan fingerprint density at radius 1 is 0.889 bits per heavy atom. The first-order valence-corrected chi connectivity index (χ1v) is 19.7. The fourth-order valence-electron chi connectivity index (χ4n) is 4.79. The molecule has 8 N–H and O–H groups in total. The van der Waals surface area contributed by atoms with Gasteiger partial charge in [-0.05, 0) is 50.8 Å². The normalized spacial score (nSPS) is 28.7. The molecule has 9 rings (SSSR count). The maximum atomic E-state index is 11.2. The Morgan fingerprint density at radius 3 is 1.96 bits per heavy atom. The van der Waals surface area contributed by atoms with Crippen molar-refractivity contribution in [2.75, 3.05) is 96.0 Å². The van der Waals surface area contributed by atoms with Crippen LogP contribution in [0.15, 0.2) is 17.1 Å². The van der Waals surface area contributed by atoms with Crippen molar-refractivity contribution in [2.24, 2.45) is 4.99 Å². The van der Waals surface area contributed by atoms with Crippen molar-refractivity contribution in [1.29, 1.82) is 0 Å². The summed E-state index contributed by atoms with van der Waals surface area (Å²) < 4.78 is 14.1. The lowest BCUT2D eigenvalue weighted by molar-refractivity contribution is -0.122. The molecule has 0 saturated carbocycles. The van der Waals surface area contributed by atoms with Crippen molar-refractivity contribution in [2.45, 2.75) is 71.3 Å². The highest BCUT2D eigenvalue weighted by Crippen LogP contribution is 2.13. The van der Waals surface area contributed by atoms with Gasteiger partial charge in [-0.15, -0.1) is 11.8 Å². The highest BCUT2D eigenvalue weighted by atomic mass is 32.2. The van der Waals surface area contributed by atoms with Gasteiger partial charge < -0.3 is 26.6 Å². The number of carbonyl (C=O) groups excluding carboxylic acids is 1. The Labute approximate surface area is 279 Å². The molecular weight excluding hydrogens is 609 g/mol. The van der Waals surface area contributed by atoms with Crippen molar-refractivity contribution < 1.29 is 9.00 Å². The molecule has 9 aliphatic rings. The Balaban J connectivity index is 0.000000265. The molecule has 12 nitrogen and oxygen atoms in total. The minimum Gasteiger partial charge on any atom is -0.375 e. The lowest BCUT2D eigenvalue weighted by Crippen LogP contribution is -2.54. The molecule has 1 atom stereocenters. The predicted octanol–water partition coefficient (Wildman–Crippen LogP) is 0.854. The van der Waals surface area contributed by atoms with E-state index in [0.29, 0.717) is 0 Å². The standard InChI is InChI=1S/C6H12N2.C6H13NOS.C5H9NO.C4H7N.C3H6N2.C3H8N2.C3H7NS.CH4/c1-3-8-4-2-6(1)7-5-8;1-9(8)6-4-2-3-5-7-9;7-5-3-1-2-4-6-5;1-2-4-5-3-1;1-2-5-3-4-1;1-2-4-5-3-1;1-2-5-3-4-1;/h6-7H,1-5H2;1-6H2,(H,7,8);1-4H2,(H,6,7);1-2,5H,3-4H2;3H,1-2H2,(H,4,5);4-5H,1-3H2;4H,1-3H2;1H4. The van der Waals surface area contributed by atoms with Gasteiger partial charge in [0.05, 0.1) is 12.9 Å². The number of aliphatic imine (C=N–C) groups is 1. The van der Waals surface area contributed by atoms with Gasteiger partial charge in [0.25, 0.3) is 0 Å². The van der Waals surface area contributed by atoms with Crippen LogP contribution in [-0.2, 0) is 14.5 Å². The topological polar surface area (TPSA) is 146 Å². The summed E-state index contributed by atoms with van der Waals surface area (Å²) in [5, 5.41) is 15.4. The van der Waals surface area contributed by atoms with E-state index in [0.717, 1.165) is 103 Å². The van der Waals surface area contributed by atoms with E-state index in [9.17, 15) is 9.00 Å². The van der Waals surface area contributed by atoms with Crippen molar-refractivity contribution >= 4 is 39.6 Å². The van der Waals surface area contributed by atoms with Crippen molar-refractivity contribution in [3.8, 4) is 0 Å². The molecular formula is C31H66N10O2S2. The number of nitrogens with one attached hydrogen (secondary N) is 8. The molecule has 7 saturated heterocycles. The van der Waals surface area contributed by atoms with E-state index < -0.39 is 9.71 Å². The first-order chi connectivity index (χ1) is 21.6. The molecule has 9 aliphatic heterocycles. The minimum absolute atomic E-state index is 0. The number of nitrogens with zero attached hydrogens (tertiary/aromatic N) is 2. The maximum absolute atomic E-state index is 11.2. The average molecular weight is 675 g/mol. The van der Waals surface area contributed by atoms with Gasteiger partial charge in [0.2, 0.25) is 5.91 Å². The van der Waals surface area contributed by atoms with Gasteiger partial charge in [-0.3, -0.25) is 29.7 Å². The number of amides is 1. The second-order valence-corrected chi connectivity index (χ2v) is 14.8. The third-order valence-corrected chi connectivity index (χ3v) is 10.1. The highest BCUT2D eigenvalue weighted by Gasteiger charge is 2.23. The minimum atomic E-state index is -1.87. The number of fused-ring (bicyclic) bond motifs is 3. The van der Waals surface area contributed by atoms with Crippen molar-refractivity contribution in [1.82, 2.24) is 47.1 Å². The molecule has 0 aromatic rings. The van der Waals surface area contributed by atoms with Crippen LogP contribution in [0.2, 0.25) is 0 Å². The summed E-state index contributed by atoms with van der Waals surface area (Å²) in [6.07, 6.45) is 16.4. The number of thioether (sulfide) groups is 1. The van der Waals surface area contributed by atoms with Crippen molar-refractivity contribution in [3.05, 3.63) is 12.2 Å². The average Bonchev–Trinajstić information content (AvgIpc) is 3.90. The van der Waals surface area contributed by atoms with Crippen LogP contribution in [0.25, 0.3) is 0 Å². The Morgan fingerprint density at radius 2 is 1.64 bits per heavy atom. The second-order valence-electron chi connectivity index (χ2n) is 11.4. The molecule has 2 bridgehead atoms. The Bertz CT molecular complexity index is 762. The largest absolute Gasteiger partial charge is 0.375 e. The third kappa shape index (κ3) is 25.5. The van der Waals surface area contributed by atoms with Crippen LogP contribution in [0, 0.1) is 0 Å².